The van der Waals surface area contributed by atoms with Crippen LogP contribution in [0.25, 0.3) is 10.9 Å². The third-order valence-electron chi connectivity index (χ3n) is 4.51. The van der Waals surface area contributed by atoms with Crippen LogP contribution in [0.15, 0.2) is 53.5 Å². The maximum absolute atomic E-state index is 12.1. The maximum Gasteiger partial charge on any atom is 0.238 e. The number of fused-ring (bicyclic) bond motifs is 1. The average molecular weight is 447 g/mol. The predicted octanol–water partition coefficient (Wildman–Crippen LogP) is 3.14. The SMILES string of the molecule is [2H]c1c(N(c2ccnc(Nc3ccc(C([2H])([2H])[2H])c(S(N)(=O)=O)c3)n2)C([2H])([2H])[2H])c([2H])c2nn(C)c(C)c2c1[2H]. The monoisotopic (exact) mass is 446 g/mol. The number of sulfonamides is 1. The van der Waals surface area contributed by atoms with E-state index in [4.69, 9.17) is 17.5 Å². The number of hydrogen-bond acceptors (Lipinski definition) is 7. The average Bonchev–Trinajstić information content (AvgIpc) is 3.13. The van der Waals surface area contributed by atoms with Gasteiger partial charge in [0.25, 0.3) is 0 Å². The molecular weight excluding hydrogens is 414 g/mol. The number of primary sulfonamides is 1. The zero-order valence-corrected chi connectivity index (χ0v) is 17.2. The highest BCUT2D eigenvalue weighted by Gasteiger charge is 2.14. The van der Waals surface area contributed by atoms with Gasteiger partial charge in [0.1, 0.15) is 5.82 Å². The molecule has 0 amide bonds. The van der Waals surface area contributed by atoms with Crippen LogP contribution in [0.2, 0.25) is 0 Å². The van der Waals surface area contributed by atoms with Crippen molar-refractivity contribution in [3.05, 3.63) is 59.8 Å². The Balaban J connectivity index is 1.85. The van der Waals surface area contributed by atoms with Crippen molar-refractivity contribution < 1.29 is 20.8 Å². The van der Waals surface area contributed by atoms with Crippen LogP contribution in [0.4, 0.5) is 23.1 Å². The molecule has 9 nitrogen and oxygen atoms in total. The number of hydrogen-bond donors (Lipinski definition) is 2. The van der Waals surface area contributed by atoms with Gasteiger partial charge in [-0.05, 0) is 55.7 Å². The minimum absolute atomic E-state index is 0.0378. The highest BCUT2D eigenvalue weighted by atomic mass is 32.2. The Hall–Kier alpha value is -3.50. The zero-order valence-electron chi connectivity index (χ0n) is 25.4. The minimum Gasteiger partial charge on any atom is -0.329 e. The summed E-state index contributed by atoms with van der Waals surface area (Å²) in [6.07, 6.45) is 1.19. The lowest BCUT2D eigenvalue weighted by Gasteiger charge is -2.19. The topological polar surface area (TPSA) is 119 Å². The van der Waals surface area contributed by atoms with Gasteiger partial charge < -0.3 is 10.2 Å². The van der Waals surface area contributed by atoms with Crippen LogP contribution in [0, 0.1) is 13.8 Å². The molecule has 2 aromatic heterocycles. The molecule has 4 aromatic rings. The molecule has 2 aromatic carbocycles. The van der Waals surface area contributed by atoms with Crippen molar-refractivity contribution in [2.45, 2.75) is 18.7 Å². The van der Waals surface area contributed by atoms with Gasteiger partial charge in [-0.25, -0.2) is 18.5 Å². The molecule has 0 saturated heterocycles. The fourth-order valence-electron chi connectivity index (χ4n) is 2.84. The minimum atomic E-state index is -4.43. The second kappa shape index (κ2) is 7.64. The standard InChI is InChI=1S/C21H23N7O2S/c1-13-5-6-15(11-19(13)31(22,29)30)24-21-23-10-9-20(25-21)27(3)16-7-8-17-14(2)28(4)26-18(17)12-16/h5-12H,1-4H3,(H2,22,29,30)(H,23,24,25)/i1D3,3D3,7D,8D,12D. The summed E-state index contributed by atoms with van der Waals surface area (Å²) in [5.41, 5.74) is -0.288. The number of aryl methyl sites for hydroxylation is 3. The van der Waals surface area contributed by atoms with Crippen LogP contribution in [-0.2, 0) is 17.1 Å². The molecule has 3 N–H and O–H groups in total. The first-order valence-electron chi connectivity index (χ1n) is 13.3. The molecule has 2 heterocycles. The van der Waals surface area contributed by atoms with Crippen LogP contribution in [-0.4, -0.2) is 35.1 Å². The molecule has 160 valence electrons. The van der Waals surface area contributed by atoms with Crippen molar-refractivity contribution in [3.8, 4) is 0 Å². The van der Waals surface area contributed by atoms with Crippen LogP contribution < -0.4 is 15.4 Å². The van der Waals surface area contributed by atoms with E-state index in [1.807, 2.05) is 0 Å². The Morgan fingerprint density at radius 3 is 2.87 bits per heavy atom. The lowest BCUT2D eigenvalue weighted by Crippen LogP contribution is -2.14. The molecule has 0 bridgehead atoms. The first-order valence-corrected chi connectivity index (χ1v) is 10.4. The van der Waals surface area contributed by atoms with Crippen molar-refractivity contribution in [2.24, 2.45) is 12.2 Å². The number of benzene rings is 2. The molecule has 0 aliphatic carbocycles. The molecule has 0 unspecified atom stereocenters. The van der Waals surface area contributed by atoms with E-state index in [-0.39, 0.29) is 40.4 Å². The summed E-state index contributed by atoms with van der Waals surface area (Å²) in [5.74, 6) is -0.482. The normalized spacial score (nSPS) is 16.7. The van der Waals surface area contributed by atoms with Gasteiger partial charge in [-0.1, -0.05) is 6.07 Å². The van der Waals surface area contributed by atoms with Crippen molar-refractivity contribution in [1.82, 2.24) is 19.7 Å². The zero-order chi connectivity index (χ0) is 29.9. The summed E-state index contributed by atoms with van der Waals surface area (Å²) in [6.45, 7) is -4.06. The van der Waals surface area contributed by atoms with Gasteiger partial charge in [0.05, 0.1) is 14.5 Å². The Bertz CT molecular complexity index is 1750. The van der Waals surface area contributed by atoms with Crippen LogP contribution in [0.1, 0.15) is 23.6 Å². The van der Waals surface area contributed by atoms with Gasteiger partial charge in [-0.15, -0.1) is 0 Å². The van der Waals surface area contributed by atoms with Crippen LogP contribution in [0.5, 0.6) is 0 Å². The maximum atomic E-state index is 12.1. The second-order valence-electron chi connectivity index (χ2n) is 6.61. The van der Waals surface area contributed by atoms with E-state index < -0.39 is 46.0 Å². The quantitative estimate of drug-likeness (QED) is 0.483. The number of nitrogens with zero attached hydrogens (tertiary/aromatic N) is 5. The fraction of sp³-hybridized carbons (Fsp3) is 0.190. The van der Waals surface area contributed by atoms with E-state index >= 15 is 0 Å². The molecule has 0 aliphatic heterocycles. The molecule has 0 aliphatic rings. The van der Waals surface area contributed by atoms with Gasteiger partial charge in [0.2, 0.25) is 16.0 Å². The van der Waals surface area contributed by atoms with Crippen molar-refractivity contribution >= 4 is 44.1 Å². The lowest BCUT2D eigenvalue weighted by atomic mass is 10.2. The summed E-state index contributed by atoms with van der Waals surface area (Å²) in [5, 5.41) is 12.4. The predicted molar refractivity (Wildman–Crippen MR) is 121 cm³/mol. The Kier molecular flexibility index (Phi) is 3.05. The van der Waals surface area contributed by atoms with E-state index in [1.165, 1.54) is 23.0 Å². The van der Waals surface area contributed by atoms with Crippen molar-refractivity contribution in [1.29, 1.82) is 0 Å². The number of anilines is 4. The number of aromatic nitrogens is 4. The molecule has 0 fully saturated rings. The number of nitrogens with one attached hydrogen (secondary N) is 1. The molecule has 31 heavy (non-hydrogen) atoms. The first kappa shape index (κ1) is 12.4. The summed E-state index contributed by atoms with van der Waals surface area (Å²) < 4.78 is 98.5. The molecule has 0 spiro atoms. The summed E-state index contributed by atoms with van der Waals surface area (Å²) in [7, 11) is -2.83. The molecule has 4 rings (SSSR count). The Labute approximate surface area is 193 Å². The fourth-order valence-corrected chi connectivity index (χ4v) is 3.50. The van der Waals surface area contributed by atoms with Crippen molar-refractivity contribution in [2.75, 3.05) is 17.2 Å². The first-order chi connectivity index (χ1) is 18.3. The van der Waals surface area contributed by atoms with Gasteiger partial charge in [-0.2, -0.15) is 10.1 Å². The highest BCUT2D eigenvalue weighted by Crippen LogP contribution is 2.28. The van der Waals surface area contributed by atoms with E-state index in [2.05, 4.69) is 20.4 Å². The van der Waals surface area contributed by atoms with Gasteiger partial charge in [0, 0.05) is 50.9 Å². The summed E-state index contributed by atoms with van der Waals surface area (Å²) in [6, 6.07) is 3.33. The van der Waals surface area contributed by atoms with Gasteiger partial charge >= 0.3 is 0 Å². The number of nitrogens with two attached hydrogens (primary N) is 1. The van der Waals surface area contributed by atoms with E-state index in [0.29, 0.717) is 10.6 Å². The van der Waals surface area contributed by atoms with E-state index in [0.717, 1.165) is 12.1 Å². The molecule has 10 heteroatoms. The lowest BCUT2D eigenvalue weighted by molar-refractivity contribution is 0.597. The van der Waals surface area contributed by atoms with Gasteiger partial charge in [0.15, 0.2) is 0 Å². The number of rotatable bonds is 5. The highest BCUT2D eigenvalue weighted by molar-refractivity contribution is 7.89. The van der Waals surface area contributed by atoms with E-state index in [1.54, 1.807) is 14.0 Å². The third-order valence-corrected chi connectivity index (χ3v) is 5.47. The van der Waals surface area contributed by atoms with E-state index in [9.17, 15) is 8.42 Å². The van der Waals surface area contributed by atoms with Crippen LogP contribution >= 0.6 is 0 Å². The van der Waals surface area contributed by atoms with Gasteiger partial charge in [-0.3, -0.25) is 4.68 Å². The molecular formula is C21H23N7O2S. The summed E-state index contributed by atoms with van der Waals surface area (Å²) in [4.78, 5) is 8.21. The van der Waals surface area contributed by atoms with Crippen molar-refractivity contribution in [3.63, 3.8) is 0 Å². The third kappa shape index (κ3) is 4.07. The molecule has 0 saturated carbocycles. The summed E-state index contributed by atoms with van der Waals surface area (Å²) >= 11 is 0. The Morgan fingerprint density at radius 2 is 2.13 bits per heavy atom. The molecule has 0 atom stereocenters. The second-order valence-corrected chi connectivity index (χ2v) is 8.14. The molecule has 0 radical (unpaired) electrons. The smallest absolute Gasteiger partial charge is 0.238 e. The Morgan fingerprint density at radius 1 is 1.29 bits per heavy atom. The largest absolute Gasteiger partial charge is 0.329 e. The van der Waals surface area contributed by atoms with Crippen LogP contribution in [0.3, 0.4) is 0 Å².